The number of benzene rings is 3. The summed E-state index contributed by atoms with van der Waals surface area (Å²) in [6, 6.07) is 16.2. The highest BCUT2D eigenvalue weighted by Crippen LogP contribution is 2.39. The van der Waals surface area contributed by atoms with Crippen LogP contribution in [0, 0.1) is 6.92 Å². The van der Waals surface area contributed by atoms with Crippen molar-refractivity contribution in [2.75, 3.05) is 13.9 Å². The van der Waals surface area contributed by atoms with Crippen molar-refractivity contribution >= 4 is 41.0 Å². The molecule has 2 heterocycles. The van der Waals surface area contributed by atoms with E-state index in [-0.39, 0.29) is 12.7 Å². The van der Waals surface area contributed by atoms with E-state index in [1.54, 1.807) is 24.3 Å². The van der Waals surface area contributed by atoms with Crippen molar-refractivity contribution in [2.24, 2.45) is 7.05 Å². The third-order valence-corrected chi connectivity index (χ3v) is 7.19. The van der Waals surface area contributed by atoms with Gasteiger partial charge in [-0.3, -0.25) is 14.3 Å². The Morgan fingerprint density at radius 2 is 1.89 bits per heavy atom. The summed E-state index contributed by atoms with van der Waals surface area (Å²) in [5.41, 5.74) is 4.13. The predicted octanol–water partition coefficient (Wildman–Crippen LogP) is 4.77. The minimum atomic E-state index is -0.709. The Labute approximate surface area is 217 Å². The molecule has 1 aliphatic heterocycles. The van der Waals surface area contributed by atoms with Crippen molar-refractivity contribution in [2.45, 2.75) is 17.7 Å². The van der Waals surface area contributed by atoms with Crippen LogP contribution in [0.5, 0.6) is 11.5 Å². The number of ether oxygens (including phenoxy) is 3. The standard InChI is InChI=1S/C28H24N2O6S/c1-16-4-9-25(19(10-16)14-31)37-29-27(32)26(17-6-8-23-24(12-17)36-15-35-23)21-13-30(2)22-11-18(28(33)34-3)5-7-20(21)22/h4-14,26H,15H2,1-3H3,(H,29,32). The molecule has 3 aromatic carbocycles. The van der Waals surface area contributed by atoms with E-state index in [0.29, 0.717) is 33.1 Å². The number of aldehydes is 1. The molecule has 37 heavy (non-hydrogen) atoms. The molecule has 0 aliphatic carbocycles. The molecule has 0 fully saturated rings. The highest BCUT2D eigenvalue weighted by Gasteiger charge is 2.29. The third-order valence-electron chi connectivity index (χ3n) is 6.30. The molecule has 0 bridgehead atoms. The molecule has 0 saturated heterocycles. The topological polar surface area (TPSA) is 95.9 Å². The first-order chi connectivity index (χ1) is 17.9. The number of carbonyl (C=O) groups excluding carboxylic acids is 3. The van der Waals surface area contributed by atoms with Gasteiger partial charge in [-0.15, -0.1) is 0 Å². The summed E-state index contributed by atoms with van der Waals surface area (Å²) in [5.74, 6) is -0.230. The first-order valence-corrected chi connectivity index (χ1v) is 12.3. The predicted molar refractivity (Wildman–Crippen MR) is 139 cm³/mol. The highest BCUT2D eigenvalue weighted by atomic mass is 32.2. The molecule has 0 radical (unpaired) electrons. The number of aryl methyl sites for hydroxylation is 2. The van der Waals surface area contributed by atoms with Crippen molar-refractivity contribution in [1.82, 2.24) is 9.29 Å². The Morgan fingerprint density at radius 3 is 2.68 bits per heavy atom. The highest BCUT2D eigenvalue weighted by molar-refractivity contribution is 7.98. The van der Waals surface area contributed by atoms with Crippen molar-refractivity contribution in [1.29, 1.82) is 0 Å². The van der Waals surface area contributed by atoms with E-state index in [2.05, 4.69) is 4.72 Å². The average Bonchev–Trinajstić information content (AvgIpc) is 3.51. The molecule has 0 spiro atoms. The number of methoxy groups -OCH3 is 1. The summed E-state index contributed by atoms with van der Waals surface area (Å²) < 4.78 is 20.7. The Bertz CT molecular complexity index is 1540. The molecule has 1 unspecified atom stereocenters. The zero-order valence-electron chi connectivity index (χ0n) is 20.4. The lowest BCUT2D eigenvalue weighted by atomic mass is 9.90. The lowest BCUT2D eigenvalue weighted by Crippen LogP contribution is -2.25. The Balaban J connectivity index is 1.56. The number of rotatable bonds is 7. The van der Waals surface area contributed by atoms with E-state index < -0.39 is 11.9 Å². The number of amides is 1. The lowest BCUT2D eigenvalue weighted by Gasteiger charge is -2.18. The first-order valence-electron chi connectivity index (χ1n) is 11.5. The summed E-state index contributed by atoms with van der Waals surface area (Å²) >= 11 is 1.10. The summed E-state index contributed by atoms with van der Waals surface area (Å²) in [6.07, 6.45) is 2.66. The van der Waals surface area contributed by atoms with E-state index in [9.17, 15) is 14.4 Å². The van der Waals surface area contributed by atoms with E-state index >= 15 is 0 Å². The molecule has 1 aliphatic rings. The lowest BCUT2D eigenvalue weighted by molar-refractivity contribution is -0.119. The quantitative estimate of drug-likeness (QED) is 0.215. The van der Waals surface area contributed by atoms with Crippen molar-refractivity contribution in [3.8, 4) is 11.5 Å². The maximum absolute atomic E-state index is 13.8. The molecule has 1 amide bonds. The maximum Gasteiger partial charge on any atom is 0.337 e. The number of nitrogens with one attached hydrogen (secondary N) is 1. The van der Waals surface area contributed by atoms with Gasteiger partial charge >= 0.3 is 5.97 Å². The number of aromatic nitrogens is 1. The maximum atomic E-state index is 13.8. The Hall–Kier alpha value is -4.24. The molecular weight excluding hydrogens is 492 g/mol. The average molecular weight is 517 g/mol. The molecule has 188 valence electrons. The van der Waals surface area contributed by atoms with Gasteiger partial charge < -0.3 is 18.8 Å². The van der Waals surface area contributed by atoms with E-state index in [1.165, 1.54) is 7.11 Å². The van der Waals surface area contributed by atoms with Gasteiger partial charge in [-0.05, 0) is 66.4 Å². The van der Waals surface area contributed by atoms with Crippen molar-refractivity contribution < 1.29 is 28.6 Å². The normalized spacial score (nSPS) is 12.8. The third kappa shape index (κ3) is 4.65. The van der Waals surface area contributed by atoms with Crippen LogP contribution in [-0.2, 0) is 16.6 Å². The number of hydrogen-bond donors (Lipinski definition) is 1. The van der Waals surface area contributed by atoms with Gasteiger partial charge in [-0.1, -0.05) is 23.8 Å². The van der Waals surface area contributed by atoms with Crippen LogP contribution < -0.4 is 14.2 Å². The van der Waals surface area contributed by atoms with Crippen LogP contribution in [0.4, 0.5) is 0 Å². The van der Waals surface area contributed by atoms with Gasteiger partial charge in [0.15, 0.2) is 17.8 Å². The largest absolute Gasteiger partial charge is 0.465 e. The number of esters is 1. The second-order valence-electron chi connectivity index (χ2n) is 8.69. The molecule has 4 aromatic rings. The molecule has 1 N–H and O–H groups in total. The van der Waals surface area contributed by atoms with Crippen LogP contribution in [0.1, 0.15) is 43.3 Å². The fourth-order valence-electron chi connectivity index (χ4n) is 4.47. The summed E-state index contributed by atoms with van der Waals surface area (Å²) in [6.45, 7) is 2.03. The van der Waals surface area contributed by atoms with Gasteiger partial charge in [0.1, 0.15) is 0 Å². The SMILES string of the molecule is COC(=O)c1ccc2c(C(C(=O)NSc3ccc(C)cc3C=O)c3ccc4c(c3)OCO4)cn(C)c2c1. The fourth-order valence-corrected chi connectivity index (χ4v) is 5.16. The second kappa shape index (κ2) is 10.0. The number of fused-ring (bicyclic) bond motifs is 2. The van der Waals surface area contributed by atoms with E-state index in [4.69, 9.17) is 14.2 Å². The minimum absolute atomic E-state index is 0.123. The molecule has 1 aromatic heterocycles. The van der Waals surface area contributed by atoms with Crippen LogP contribution in [-0.4, -0.2) is 36.6 Å². The summed E-state index contributed by atoms with van der Waals surface area (Å²) in [4.78, 5) is 38.1. The van der Waals surface area contributed by atoms with Gasteiger partial charge in [-0.2, -0.15) is 0 Å². The Morgan fingerprint density at radius 1 is 1.08 bits per heavy atom. The van der Waals surface area contributed by atoms with Crippen molar-refractivity contribution in [3.05, 3.63) is 88.6 Å². The minimum Gasteiger partial charge on any atom is -0.465 e. The van der Waals surface area contributed by atoms with Crippen LogP contribution >= 0.6 is 11.9 Å². The fraction of sp³-hybridized carbons (Fsp3) is 0.179. The van der Waals surface area contributed by atoms with Gasteiger partial charge in [0.05, 0.1) is 18.6 Å². The number of hydrogen-bond acceptors (Lipinski definition) is 7. The number of nitrogens with zero attached hydrogens (tertiary/aromatic N) is 1. The summed E-state index contributed by atoms with van der Waals surface area (Å²) in [5, 5.41) is 0.821. The zero-order valence-corrected chi connectivity index (χ0v) is 21.3. The van der Waals surface area contributed by atoms with Crippen LogP contribution in [0.15, 0.2) is 65.7 Å². The Kier molecular flexibility index (Phi) is 6.62. The molecule has 1 atom stereocenters. The van der Waals surface area contributed by atoms with Gasteiger partial charge in [0, 0.05) is 34.6 Å². The van der Waals surface area contributed by atoms with Crippen LogP contribution in [0.3, 0.4) is 0 Å². The monoisotopic (exact) mass is 516 g/mol. The molecular formula is C28H24N2O6S. The zero-order chi connectivity index (χ0) is 26.1. The van der Waals surface area contributed by atoms with Gasteiger partial charge in [0.25, 0.3) is 0 Å². The molecule has 8 nitrogen and oxygen atoms in total. The molecule has 9 heteroatoms. The molecule has 5 rings (SSSR count). The van der Waals surface area contributed by atoms with E-state index in [0.717, 1.165) is 40.3 Å². The summed E-state index contributed by atoms with van der Waals surface area (Å²) in [7, 11) is 3.20. The van der Waals surface area contributed by atoms with Gasteiger partial charge in [-0.25, -0.2) is 4.79 Å². The second-order valence-corrected chi connectivity index (χ2v) is 9.54. The van der Waals surface area contributed by atoms with Crippen LogP contribution in [0.2, 0.25) is 0 Å². The first kappa shape index (κ1) is 24.5. The van der Waals surface area contributed by atoms with E-state index in [1.807, 2.05) is 55.1 Å². The van der Waals surface area contributed by atoms with Crippen molar-refractivity contribution in [3.63, 3.8) is 0 Å². The smallest absolute Gasteiger partial charge is 0.337 e. The molecule has 0 saturated carbocycles. The number of carbonyl (C=O) groups is 3. The van der Waals surface area contributed by atoms with Gasteiger partial charge in [0.2, 0.25) is 12.7 Å². The van der Waals surface area contributed by atoms with Crippen LogP contribution in [0.25, 0.3) is 10.9 Å².